The molecule has 1 N–H and O–H groups in total. The first-order chi connectivity index (χ1) is 19.7. The maximum atomic E-state index is 14.2. The predicted octanol–water partition coefficient (Wildman–Crippen LogP) is 6.21. The molecule has 2 aromatic carbocycles. The molecule has 10 heteroatoms. The largest absolute Gasteiger partial charge is 0.494 e. The summed E-state index contributed by atoms with van der Waals surface area (Å²) in [4.78, 5) is 21.5. The lowest BCUT2D eigenvalue weighted by Gasteiger charge is -2.25. The van der Waals surface area contributed by atoms with Crippen LogP contribution >= 0.6 is 0 Å². The van der Waals surface area contributed by atoms with Crippen molar-refractivity contribution >= 4 is 0 Å². The molecule has 3 aromatic heterocycles. The molecule has 3 heterocycles. The van der Waals surface area contributed by atoms with E-state index >= 15 is 0 Å². The number of pyridine rings is 1. The van der Waals surface area contributed by atoms with Crippen LogP contribution in [0.1, 0.15) is 48.7 Å². The second-order valence-corrected chi connectivity index (χ2v) is 9.74. The number of nitrogens with zero attached hydrogens (tertiary/aromatic N) is 5. The highest BCUT2D eigenvalue weighted by Crippen LogP contribution is 2.34. The normalized spacial score (nSPS) is 12.0. The molecule has 0 saturated heterocycles. The van der Waals surface area contributed by atoms with E-state index in [2.05, 4.69) is 15.1 Å². The van der Waals surface area contributed by atoms with Gasteiger partial charge in [0, 0.05) is 36.5 Å². The van der Waals surface area contributed by atoms with Crippen LogP contribution in [0.4, 0.5) is 13.2 Å². The van der Waals surface area contributed by atoms with Gasteiger partial charge in [0.1, 0.15) is 17.3 Å². The van der Waals surface area contributed by atoms with E-state index in [0.29, 0.717) is 24.4 Å². The highest BCUT2D eigenvalue weighted by Gasteiger charge is 2.26. The van der Waals surface area contributed by atoms with E-state index in [4.69, 9.17) is 0 Å². The number of halogens is 3. The Bertz CT molecular complexity index is 1760. The van der Waals surface area contributed by atoms with Gasteiger partial charge in [-0.05, 0) is 67.3 Å². The van der Waals surface area contributed by atoms with Crippen LogP contribution in [0.25, 0.3) is 22.6 Å². The van der Waals surface area contributed by atoms with E-state index in [-0.39, 0.29) is 29.3 Å². The van der Waals surface area contributed by atoms with E-state index in [1.165, 1.54) is 22.8 Å². The Morgan fingerprint density at radius 3 is 2.24 bits per heavy atom. The summed E-state index contributed by atoms with van der Waals surface area (Å²) in [5.41, 5.74) is 2.87. The number of hydrogen-bond donors (Lipinski definition) is 1. The van der Waals surface area contributed by atoms with Crippen LogP contribution in [0, 0.1) is 24.5 Å². The summed E-state index contributed by atoms with van der Waals surface area (Å²) in [7, 11) is 0. The topological polar surface area (TPSA) is 85.8 Å². The summed E-state index contributed by atoms with van der Waals surface area (Å²) in [6, 6.07) is 14.3. The smallest absolute Gasteiger partial charge is 0.280 e. The summed E-state index contributed by atoms with van der Waals surface area (Å²) in [5.74, 6) is -2.33. The van der Waals surface area contributed by atoms with Crippen LogP contribution in [-0.2, 0) is 13.0 Å². The fourth-order valence-electron chi connectivity index (χ4n) is 5.02. The van der Waals surface area contributed by atoms with Crippen LogP contribution in [0.3, 0.4) is 0 Å². The molecule has 0 saturated carbocycles. The van der Waals surface area contributed by atoms with Crippen molar-refractivity contribution in [3.05, 3.63) is 117 Å². The Morgan fingerprint density at radius 1 is 0.927 bits per heavy atom. The fourth-order valence-corrected chi connectivity index (χ4v) is 5.02. The molecule has 0 aliphatic rings. The molecule has 0 amide bonds. The summed E-state index contributed by atoms with van der Waals surface area (Å²) in [6.45, 7) is 6.01. The molecule has 0 spiro atoms. The lowest BCUT2D eigenvalue weighted by molar-refractivity contribution is 0.381. The molecule has 0 aliphatic carbocycles. The molecule has 0 radical (unpaired) electrons. The Morgan fingerprint density at radius 2 is 1.63 bits per heavy atom. The molecule has 0 fully saturated rings. The van der Waals surface area contributed by atoms with Gasteiger partial charge < -0.3 is 5.11 Å². The van der Waals surface area contributed by atoms with Crippen molar-refractivity contribution in [2.75, 3.05) is 0 Å². The molecule has 0 bridgehead atoms. The molecule has 1 unspecified atom stereocenters. The zero-order chi connectivity index (χ0) is 29.3. The molecule has 41 heavy (non-hydrogen) atoms. The van der Waals surface area contributed by atoms with Crippen LogP contribution < -0.4 is 5.56 Å². The van der Waals surface area contributed by atoms with Crippen molar-refractivity contribution in [2.24, 2.45) is 0 Å². The van der Waals surface area contributed by atoms with Gasteiger partial charge in [-0.3, -0.25) is 14.0 Å². The van der Waals surface area contributed by atoms with E-state index in [9.17, 15) is 23.1 Å². The maximum absolute atomic E-state index is 14.2. The standard InChI is InChI=1S/C31H28F3N5O2/c1-4-27(21-15-22(32)17-23(33)16-21)39-29(26-12-13-38(5-2)37-26)36-30(40)25(31(39)41)14-19-6-8-20(9-7-19)24-10-11-28(34)35-18(24)3/h6-13,15-17,27,41H,4-5,14H2,1-3H3. The number of aromatic hydroxyl groups is 1. The third-order valence-electron chi connectivity index (χ3n) is 7.05. The summed E-state index contributed by atoms with van der Waals surface area (Å²) >= 11 is 0. The van der Waals surface area contributed by atoms with E-state index in [0.717, 1.165) is 22.8 Å². The molecule has 5 rings (SSSR count). The number of aryl methyl sites for hydroxylation is 2. The molecule has 210 valence electrons. The van der Waals surface area contributed by atoms with E-state index in [1.54, 1.807) is 42.1 Å². The number of benzene rings is 2. The number of hydrogen-bond acceptors (Lipinski definition) is 5. The van der Waals surface area contributed by atoms with Crippen LogP contribution in [0.15, 0.2) is 71.7 Å². The Hall–Kier alpha value is -4.73. The summed E-state index contributed by atoms with van der Waals surface area (Å²) in [5, 5.41) is 16.0. The van der Waals surface area contributed by atoms with Gasteiger partial charge in [0.25, 0.3) is 5.56 Å². The SMILES string of the molecule is CCC(c1cc(F)cc(F)c1)n1c(-c2ccn(CC)n2)nc(=O)c(Cc2ccc(-c3ccc(F)nc3C)cc2)c1O. The van der Waals surface area contributed by atoms with Gasteiger partial charge in [0.2, 0.25) is 11.8 Å². The van der Waals surface area contributed by atoms with Crippen LogP contribution in [0.2, 0.25) is 0 Å². The Balaban J connectivity index is 1.61. The van der Waals surface area contributed by atoms with Crippen molar-refractivity contribution in [3.63, 3.8) is 0 Å². The minimum absolute atomic E-state index is 0.0337. The third-order valence-corrected chi connectivity index (χ3v) is 7.05. The lowest BCUT2D eigenvalue weighted by Crippen LogP contribution is -2.24. The maximum Gasteiger partial charge on any atom is 0.280 e. The monoisotopic (exact) mass is 559 g/mol. The zero-order valence-corrected chi connectivity index (χ0v) is 22.8. The average Bonchev–Trinajstić information content (AvgIpc) is 3.42. The molecule has 0 aliphatic heterocycles. The van der Waals surface area contributed by atoms with Crippen LogP contribution in [0.5, 0.6) is 5.88 Å². The van der Waals surface area contributed by atoms with Crippen LogP contribution in [-0.4, -0.2) is 29.4 Å². The minimum Gasteiger partial charge on any atom is -0.494 e. The minimum atomic E-state index is -0.754. The van der Waals surface area contributed by atoms with Crippen molar-refractivity contribution < 1.29 is 18.3 Å². The van der Waals surface area contributed by atoms with Gasteiger partial charge in [-0.1, -0.05) is 31.2 Å². The Kier molecular flexibility index (Phi) is 7.74. The first kappa shape index (κ1) is 27.8. The first-order valence-electron chi connectivity index (χ1n) is 13.2. The average molecular weight is 560 g/mol. The lowest BCUT2D eigenvalue weighted by atomic mass is 9.99. The van der Waals surface area contributed by atoms with Crippen molar-refractivity contribution in [3.8, 4) is 28.5 Å². The van der Waals surface area contributed by atoms with Gasteiger partial charge in [0.05, 0.1) is 11.6 Å². The highest BCUT2D eigenvalue weighted by molar-refractivity contribution is 5.66. The molecular weight excluding hydrogens is 531 g/mol. The number of rotatable bonds is 8. The molecule has 5 aromatic rings. The number of aromatic nitrogens is 5. The van der Waals surface area contributed by atoms with Gasteiger partial charge >= 0.3 is 0 Å². The predicted molar refractivity (Wildman–Crippen MR) is 149 cm³/mol. The highest BCUT2D eigenvalue weighted by atomic mass is 19.1. The van der Waals surface area contributed by atoms with E-state index in [1.807, 2.05) is 26.0 Å². The zero-order valence-electron chi connectivity index (χ0n) is 22.8. The fraction of sp³-hybridized carbons (Fsp3) is 0.226. The van der Waals surface area contributed by atoms with E-state index < -0.39 is 29.2 Å². The summed E-state index contributed by atoms with van der Waals surface area (Å²) in [6.07, 6.45) is 2.11. The first-order valence-corrected chi connectivity index (χ1v) is 13.2. The van der Waals surface area contributed by atoms with Crippen molar-refractivity contribution in [1.29, 1.82) is 0 Å². The van der Waals surface area contributed by atoms with Gasteiger partial charge in [0.15, 0.2) is 5.82 Å². The second kappa shape index (κ2) is 11.4. The van der Waals surface area contributed by atoms with Gasteiger partial charge in [-0.15, -0.1) is 0 Å². The van der Waals surface area contributed by atoms with Crippen molar-refractivity contribution in [2.45, 2.75) is 46.2 Å². The molecule has 1 atom stereocenters. The third kappa shape index (κ3) is 5.63. The quantitative estimate of drug-likeness (QED) is 0.229. The molecule has 7 nitrogen and oxygen atoms in total. The second-order valence-electron chi connectivity index (χ2n) is 9.74. The van der Waals surface area contributed by atoms with Gasteiger partial charge in [-0.2, -0.15) is 14.5 Å². The van der Waals surface area contributed by atoms with Gasteiger partial charge in [-0.25, -0.2) is 13.8 Å². The Labute approximate surface area is 234 Å². The molecular formula is C31H28F3N5O2. The summed E-state index contributed by atoms with van der Waals surface area (Å²) < 4.78 is 45.0. The van der Waals surface area contributed by atoms with Crippen molar-refractivity contribution in [1.82, 2.24) is 24.3 Å².